The summed E-state index contributed by atoms with van der Waals surface area (Å²) in [6.45, 7) is 0.0983. The van der Waals surface area contributed by atoms with Crippen LogP contribution in [0.3, 0.4) is 0 Å². The van der Waals surface area contributed by atoms with Crippen LogP contribution in [-0.2, 0) is 0 Å². The predicted molar refractivity (Wildman–Crippen MR) is 108 cm³/mol. The van der Waals surface area contributed by atoms with Gasteiger partial charge in [0.2, 0.25) is 5.16 Å². The Balaban J connectivity index is 1.99. The number of methoxy groups -OCH3 is 1. The third-order valence-electron chi connectivity index (χ3n) is 3.70. The Hall–Kier alpha value is -3.38. The van der Waals surface area contributed by atoms with Crippen molar-refractivity contribution in [1.82, 2.24) is 14.9 Å². The Morgan fingerprint density at radius 2 is 1.97 bits per heavy atom. The van der Waals surface area contributed by atoms with Crippen LogP contribution in [0.5, 0.6) is 11.5 Å². The number of aromatic nitrogens is 3. The maximum absolute atomic E-state index is 13.0. The molecule has 0 saturated carbocycles. The summed E-state index contributed by atoms with van der Waals surface area (Å²) in [5.74, 6) is 1.23. The predicted octanol–water partition coefficient (Wildman–Crippen LogP) is 4.16. The van der Waals surface area contributed by atoms with E-state index in [1.165, 1.54) is 10.9 Å². The van der Waals surface area contributed by atoms with Gasteiger partial charge in [-0.2, -0.15) is 18.6 Å². The van der Waals surface area contributed by atoms with Gasteiger partial charge >= 0.3 is 0 Å². The summed E-state index contributed by atoms with van der Waals surface area (Å²) in [5.41, 5.74) is 1.28. The number of hydrogen-bond donors (Lipinski definition) is 0. The first kappa shape index (κ1) is 20.4. The summed E-state index contributed by atoms with van der Waals surface area (Å²) in [5, 5.41) is 12.2. The number of para-hydroxylation sites is 1. The molecule has 0 saturated heterocycles. The molecule has 0 radical (unpaired) electrons. The van der Waals surface area contributed by atoms with Crippen molar-refractivity contribution in [3.63, 3.8) is 0 Å². The van der Waals surface area contributed by atoms with Gasteiger partial charge in [0.25, 0.3) is 5.76 Å². The van der Waals surface area contributed by atoms with Gasteiger partial charge in [0.15, 0.2) is 5.82 Å². The molecule has 9 heteroatoms. The molecule has 0 amide bonds. The number of rotatable bonds is 8. The van der Waals surface area contributed by atoms with Crippen molar-refractivity contribution in [3.05, 3.63) is 54.1 Å². The fourth-order valence-corrected chi connectivity index (χ4v) is 2.88. The van der Waals surface area contributed by atoms with Gasteiger partial charge in [-0.3, -0.25) is 0 Å². The van der Waals surface area contributed by atoms with Crippen molar-refractivity contribution in [1.29, 1.82) is 0 Å². The zero-order valence-corrected chi connectivity index (χ0v) is 16.1. The number of thioether (sulfide) groups is 1. The van der Waals surface area contributed by atoms with E-state index in [9.17, 15) is 8.78 Å². The highest BCUT2D eigenvalue weighted by molar-refractivity contribution is 7.99. The minimum atomic E-state index is -2.66. The molecule has 1 heterocycles. The highest BCUT2D eigenvalue weighted by Crippen LogP contribution is 2.29. The fourth-order valence-electron chi connectivity index (χ4n) is 2.40. The van der Waals surface area contributed by atoms with Crippen LogP contribution in [0.25, 0.3) is 11.4 Å². The van der Waals surface area contributed by atoms with Crippen LogP contribution in [-0.4, -0.2) is 40.6 Å². The van der Waals surface area contributed by atoms with Crippen molar-refractivity contribution in [2.45, 2.75) is 10.9 Å². The van der Waals surface area contributed by atoms with Crippen molar-refractivity contribution in [3.8, 4) is 35.2 Å². The molecule has 3 rings (SSSR count). The van der Waals surface area contributed by atoms with Crippen LogP contribution in [0.15, 0.2) is 58.8 Å². The molecule has 0 fully saturated rings. The minimum absolute atomic E-state index is 0.0379. The Kier molecular flexibility index (Phi) is 6.81. The van der Waals surface area contributed by atoms with E-state index in [1.807, 2.05) is 0 Å². The summed E-state index contributed by atoms with van der Waals surface area (Å²) >= 11 is 0.261. The van der Waals surface area contributed by atoms with Crippen molar-refractivity contribution >= 4 is 18.0 Å². The topological polar surface area (TPSA) is 61.5 Å². The van der Waals surface area contributed by atoms with Gasteiger partial charge in [-0.15, -0.1) is 16.6 Å². The molecule has 0 aliphatic rings. The number of ether oxygens (including phenoxy) is 2. The van der Waals surface area contributed by atoms with Crippen LogP contribution < -0.4 is 9.47 Å². The van der Waals surface area contributed by atoms with E-state index in [0.29, 0.717) is 28.5 Å². The summed E-state index contributed by atoms with van der Waals surface area (Å²) < 4.78 is 37.8. The molecule has 148 valence electrons. The zero-order valence-electron chi connectivity index (χ0n) is 15.3. The highest BCUT2D eigenvalue weighted by Gasteiger charge is 2.18. The van der Waals surface area contributed by atoms with E-state index in [0.717, 1.165) is 0 Å². The summed E-state index contributed by atoms with van der Waals surface area (Å²) in [6, 6.07) is 14.1. The molecule has 0 N–H and O–H groups in total. The van der Waals surface area contributed by atoms with Crippen LogP contribution in [0.1, 0.15) is 5.56 Å². The molecule has 0 atom stereocenters. The molecule has 29 heavy (non-hydrogen) atoms. The van der Waals surface area contributed by atoms with Crippen molar-refractivity contribution in [2.75, 3.05) is 13.7 Å². The van der Waals surface area contributed by atoms with Crippen LogP contribution in [0, 0.1) is 12.3 Å². The third-order valence-corrected chi connectivity index (χ3v) is 4.34. The Morgan fingerprint density at radius 1 is 1.21 bits per heavy atom. The Labute approximate surface area is 170 Å². The lowest BCUT2D eigenvalue weighted by atomic mass is 10.2. The molecule has 2 aromatic carbocycles. The number of alkyl halides is 2. The summed E-state index contributed by atoms with van der Waals surface area (Å²) in [7, 11) is 1.55. The molecule has 1 aromatic heterocycles. The lowest BCUT2D eigenvalue weighted by Gasteiger charge is -2.07. The number of terminal acetylenes is 1. The van der Waals surface area contributed by atoms with E-state index in [-0.39, 0.29) is 23.5 Å². The molecule has 0 unspecified atom stereocenters. The number of nitrogens with zero attached hydrogens (tertiary/aromatic N) is 4. The second-order valence-corrected chi connectivity index (χ2v) is 6.46. The highest BCUT2D eigenvalue weighted by atomic mass is 32.2. The molecule has 3 aromatic rings. The first-order valence-electron chi connectivity index (χ1n) is 8.36. The lowest BCUT2D eigenvalue weighted by Crippen LogP contribution is -2.00. The normalized spacial score (nSPS) is 11.0. The van der Waals surface area contributed by atoms with Crippen LogP contribution in [0.4, 0.5) is 8.78 Å². The lowest BCUT2D eigenvalue weighted by molar-refractivity contribution is 0.251. The van der Waals surface area contributed by atoms with E-state index >= 15 is 0 Å². The quantitative estimate of drug-likeness (QED) is 0.315. The van der Waals surface area contributed by atoms with Gasteiger partial charge in [0, 0.05) is 11.1 Å². The van der Waals surface area contributed by atoms with E-state index in [1.54, 1.807) is 55.6 Å². The Morgan fingerprint density at radius 3 is 2.66 bits per heavy atom. The zero-order chi connectivity index (χ0) is 20.6. The van der Waals surface area contributed by atoms with E-state index < -0.39 is 5.76 Å². The monoisotopic (exact) mass is 414 g/mol. The maximum Gasteiger partial charge on any atom is 0.291 e. The molecule has 0 aliphatic heterocycles. The summed E-state index contributed by atoms with van der Waals surface area (Å²) in [4.78, 5) is 0. The molecular weight excluding hydrogens is 398 g/mol. The first-order chi connectivity index (χ1) is 14.1. The first-order valence-corrected chi connectivity index (χ1v) is 9.24. The molecular formula is C20H16F2N4O2S. The molecule has 0 bridgehead atoms. The smallest absolute Gasteiger partial charge is 0.291 e. The van der Waals surface area contributed by atoms with Gasteiger partial charge in [-0.25, -0.2) is 0 Å². The van der Waals surface area contributed by atoms with Crippen LogP contribution in [0.2, 0.25) is 0 Å². The van der Waals surface area contributed by atoms with Gasteiger partial charge in [-0.1, -0.05) is 18.1 Å². The molecule has 6 nitrogen and oxygen atoms in total. The minimum Gasteiger partial charge on any atom is -0.497 e. The third kappa shape index (κ3) is 5.12. The van der Waals surface area contributed by atoms with Crippen LogP contribution >= 0.6 is 11.8 Å². The fraction of sp³-hybridized carbons (Fsp3) is 0.150. The van der Waals surface area contributed by atoms with Gasteiger partial charge in [0.1, 0.15) is 18.1 Å². The second kappa shape index (κ2) is 9.71. The van der Waals surface area contributed by atoms with E-state index in [4.69, 9.17) is 15.9 Å². The average molecular weight is 414 g/mol. The standard InChI is InChI=1S/C20H16F2N4O2S/c1-3-12-28-17-7-5-4-6-15(17)13-23-26-18(24-25-20(26)29-19(21)22)14-8-10-16(27-2)11-9-14/h1,4-11,13,19H,12H2,2H3/b23-13-. The Bertz CT molecular complexity index is 1030. The molecule has 0 spiro atoms. The maximum atomic E-state index is 13.0. The van der Waals surface area contributed by atoms with E-state index in [2.05, 4.69) is 21.2 Å². The van der Waals surface area contributed by atoms with Gasteiger partial charge in [0.05, 0.1) is 13.3 Å². The second-order valence-electron chi connectivity index (χ2n) is 5.50. The largest absolute Gasteiger partial charge is 0.497 e. The summed E-state index contributed by atoms with van der Waals surface area (Å²) in [6.07, 6.45) is 6.72. The SMILES string of the molecule is C#CCOc1ccccc1/C=N\n1c(SC(F)F)nnc1-c1ccc(OC)cc1. The van der Waals surface area contributed by atoms with Crippen molar-refractivity contribution < 1.29 is 18.3 Å². The number of halogens is 2. The number of hydrogen-bond acceptors (Lipinski definition) is 6. The van der Waals surface area contributed by atoms with Gasteiger partial charge in [-0.05, 0) is 48.2 Å². The van der Waals surface area contributed by atoms with Gasteiger partial charge < -0.3 is 9.47 Å². The average Bonchev–Trinajstić information content (AvgIpc) is 3.13. The number of benzene rings is 2. The molecule has 0 aliphatic carbocycles. The van der Waals surface area contributed by atoms with Crippen molar-refractivity contribution in [2.24, 2.45) is 5.10 Å².